The molecule has 4 heteroatoms. The van der Waals surface area contributed by atoms with Crippen LogP contribution in [0.3, 0.4) is 0 Å². The van der Waals surface area contributed by atoms with E-state index in [1.54, 1.807) is 7.11 Å². The van der Waals surface area contributed by atoms with E-state index in [1.807, 2.05) is 0 Å². The summed E-state index contributed by atoms with van der Waals surface area (Å²) in [6.45, 7) is 12.0. The zero-order chi connectivity index (χ0) is 29.5. The van der Waals surface area contributed by atoms with Gasteiger partial charge in [-0.1, -0.05) is 74.5 Å². The monoisotopic (exact) mass is 559 g/mol. The number of aliphatic hydroxyl groups is 1. The summed E-state index contributed by atoms with van der Waals surface area (Å²) in [5, 5.41) is 14.9. The van der Waals surface area contributed by atoms with Crippen molar-refractivity contribution in [2.45, 2.75) is 51.4 Å². The van der Waals surface area contributed by atoms with Gasteiger partial charge in [-0.2, -0.15) is 4.58 Å². The van der Waals surface area contributed by atoms with Crippen molar-refractivity contribution in [1.29, 1.82) is 0 Å². The molecule has 4 aromatic rings. The predicted octanol–water partition coefficient (Wildman–Crippen LogP) is 8.03. The van der Waals surface area contributed by atoms with Crippen LogP contribution in [0.25, 0.3) is 21.5 Å². The zero-order valence-electron chi connectivity index (χ0n) is 25.7. The molecular formula is C38H43N2O2+. The van der Waals surface area contributed by atoms with E-state index in [9.17, 15) is 5.11 Å². The molecular weight excluding hydrogens is 516 g/mol. The van der Waals surface area contributed by atoms with Crippen molar-refractivity contribution >= 4 is 38.6 Å². The van der Waals surface area contributed by atoms with Crippen LogP contribution in [-0.2, 0) is 15.6 Å². The number of rotatable bonds is 9. The molecule has 0 bridgehead atoms. The van der Waals surface area contributed by atoms with Gasteiger partial charge in [0.05, 0.1) is 12.0 Å². The third-order valence-corrected chi connectivity index (χ3v) is 9.29. The van der Waals surface area contributed by atoms with E-state index in [0.29, 0.717) is 0 Å². The van der Waals surface area contributed by atoms with Crippen LogP contribution in [0.1, 0.15) is 51.7 Å². The average Bonchev–Trinajstić information content (AvgIpc) is 3.35. The Morgan fingerprint density at radius 1 is 0.810 bits per heavy atom. The number of fused-ring (bicyclic) bond motifs is 6. The topological polar surface area (TPSA) is 35.7 Å². The highest BCUT2D eigenvalue weighted by atomic mass is 16.5. The summed E-state index contributed by atoms with van der Waals surface area (Å²) >= 11 is 0. The Morgan fingerprint density at radius 3 is 2.17 bits per heavy atom. The van der Waals surface area contributed by atoms with Crippen LogP contribution in [0.5, 0.6) is 0 Å². The lowest BCUT2D eigenvalue weighted by Gasteiger charge is -2.27. The van der Waals surface area contributed by atoms with E-state index >= 15 is 0 Å². The van der Waals surface area contributed by atoms with Gasteiger partial charge in [0, 0.05) is 61.2 Å². The Hall–Kier alpha value is -3.73. The lowest BCUT2D eigenvalue weighted by molar-refractivity contribution is -0.438. The zero-order valence-corrected chi connectivity index (χ0v) is 25.7. The minimum absolute atomic E-state index is 0.154. The Morgan fingerprint density at radius 2 is 1.48 bits per heavy atom. The standard InChI is InChI=1S/C38H43N2O2/c1-37(2)33(39(23-11-25-41)31-21-19-27-13-6-8-15-29(27)35(31)37)17-10-18-34-38(3,4)36-30-16-9-7-14-28(30)20-22-32(36)40(34)24-12-26-42-5/h6-10,13-22,41H,11-12,23-26H2,1-5H3/q+1. The van der Waals surface area contributed by atoms with Crippen LogP contribution >= 0.6 is 0 Å². The van der Waals surface area contributed by atoms with E-state index in [4.69, 9.17) is 4.74 Å². The number of hydrogen-bond donors (Lipinski definition) is 1. The van der Waals surface area contributed by atoms with Crippen molar-refractivity contribution in [3.8, 4) is 0 Å². The smallest absolute Gasteiger partial charge is 0.210 e. The lowest BCUT2D eigenvalue weighted by atomic mass is 9.79. The second-order valence-corrected chi connectivity index (χ2v) is 12.6. The molecule has 216 valence electrons. The highest BCUT2D eigenvalue weighted by Gasteiger charge is 2.45. The van der Waals surface area contributed by atoms with Crippen molar-refractivity contribution in [1.82, 2.24) is 0 Å². The minimum atomic E-state index is -0.177. The lowest BCUT2D eigenvalue weighted by Crippen LogP contribution is -2.29. The van der Waals surface area contributed by atoms with Gasteiger partial charge in [0.15, 0.2) is 12.3 Å². The third kappa shape index (κ3) is 4.58. The maximum atomic E-state index is 9.74. The van der Waals surface area contributed by atoms with Crippen LogP contribution in [0.15, 0.2) is 96.7 Å². The van der Waals surface area contributed by atoms with Gasteiger partial charge in [-0.15, -0.1) is 0 Å². The van der Waals surface area contributed by atoms with Crippen molar-refractivity contribution in [2.75, 3.05) is 38.3 Å². The molecule has 0 atom stereocenters. The van der Waals surface area contributed by atoms with Crippen LogP contribution in [0.2, 0.25) is 0 Å². The fourth-order valence-corrected chi connectivity index (χ4v) is 7.38. The first-order valence-corrected chi connectivity index (χ1v) is 15.3. The summed E-state index contributed by atoms with van der Waals surface area (Å²) in [5.41, 5.74) is 7.56. The maximum Gasteiger partial charge on any atom is 0.210 e. The molecule has 0 amide bonds. The number of ether oxygens (including phenoxy) is 1. The Kier molecular flexibility index (Phi) is 7.55. The number of aliphatic hydroxyl groups excluding tert-OH is 1. The van der Waals surface area contributed by atoms with Gasteiger partial charge in [-0.05, 0) is 65.6 Å². The molecule has 0 aromatic heterocycles. The summed E-state index contributed by atoms with van der Waals surface area (Å²) in [6.07, 6.45) is 8.58. The van der Waals surface area contributed by atoms with E-state index in [1.165, 1.54) is 55.5 Å². The first-order valence-electron chi connectivity index (χ1n) is 15.3. The van der Waals surface area contributed by atoms with E-state index in [-0.39, 0.29) is 17.4 Å². The second kappa shape index (κ2) is 11.2. The number of methoxy groups -OCH3 is 1. The van der Waals surface area contributed by atoms with Gasteiger partial charge in [-0.25, -0.2) is 0 Å². The Balaban J connectivity index is 1.45. The Bertz CT molecular complexity index is 1740. The fourth-order valence-electron chi connectivity index (χ4n) is 7.38. The third-order valence-electron chi connectivity index (χ3n) is 9.29. The summed E-state index contributed by atoms with van der Waals surface area (Å²) in [6, 6.07) is 26.5. The fraction of sp³-hybridized carbons (Fsp3) is 0.342. The van der Waals surface area contributed by atoms with Crippen LogP contribution in [0.4, 0.5) is 11.4 Å². The normalized spacial score (nSPS) is 18.1. The molecule has 42 heavy (non-hydrogen) atoms. The summed E-state index contributed by atoms with van der Waals surface area (Å²) < 4.78 is 7.94. The van der Waals surface area contributed by atoms with Gasteiger partial charge in [0.25, 0.3) is 0 Å². The maximum absolute atomic E-state index is 9.74. The molecule has 0 saturated heterocycles. The molecule has 2 heterocycles. The number of benzene rings is 4. The first-order chi connectivity index (χ1) is 20.3. The number of hydrogen-bond acceptors (Lipinski definition) is 3. The van der Waals surface area contributed by atoms with Gasteiger partial charge in [0.2, 0.25) is 5.69 Å². The van der Waals surface area contributed by atoms with Gasteiger partial charge in [0.1, 0.15) is 0 Å². The number of anilines is 1. The number of nitrogens with zero attached hydrogens (tertiary/aromatic N) is 2. The largest absolute Gasteiger partial charge is 0.396 e. The molecule has 6 rings (SSSR count). The highest BCUT2D eigenvalue weighted by molar-refractivity contribution is 6.07. The average molecular weight is 560 g/mol. The summed E-state index contributed by atoms with van der Waals surface area (Å²) in [7, 11) is 1.78. The SMILES string of the molecule is COCCC[N+]1=C(C=CC=C2N(CCCO)c3ccc4ccccc4c3C2(C)C)C(C)(C)c2c1ccc1ccccc21. The molecule has 2 aliphatic rings. The van der Waals surface area contributed by atoms with Gasteiger partial charge >= 0.3 is 0 Å². The molecule has 2 aliphatic heterocycles. The van der Waals surface area contributed by atoms with E-state index in [2.05, 4.69) is 128 Å². The first kappa shape index (κ1) is 28.4. The molecule has 4 nitrogen and oxygen atoms in total. The molecule has 0 fully saturated rings. The molecule has 0 aliphatic carbocycles. The predicted molar refractivity (Wildman–Crippen MR) is 177 cm³/mol. The quantitative estimate of drug-likeness (QED) is 0.167. The number of allylic oxidation sites excluding steroid dienone is 4. The second-order valence-electron chi connectivity index (χ2n) is 12.6. The van der Waals surface area contributed by atoms with Crippen molar-refractivity contribution in [3.63, 3.8) is 0 Å². The Labute approximate surface area is 250 Å². The van der Waals surface area contributed by atoms with Crippen molar-refractivity contribution in [3.05, 3.63) is 108 Å². The molecule has 4 aromatic carbocycles. The van der Waals surface area contributed by atoms with E-state index in [0.717, 1.165) is 32.5 Å². The van der Waals surface area contributed by atoms with Crippen LogP contribution in [-0.4, -0.2) is 48.8 Å². The molecule has 0 saturated carbocycles. The summed E-state index contributed by atoms with van der Waals surface area (Å²) in [4.78, 5) is 2.42. The minimum Gasteiger partial charge on any atom is -0.396 e. The highest BCUT2D eigenvalue weighted by Crippen LogP contribution is 2.51. The molecule has 1 N–H and O–H groups in total. The van der Waals surface area contributed by atoms with Gasteiger partial charge < -0.3 is 14.7 Å². The van der Waals surface area contributed by atoms with E-state index < -0.39 is 0 Å². The summed E-state index contributed by atoms with van der Waals surface area (Å²) in [5.74, 6) is 0. The molecule has 0 radical (unpaired) electrons. The van der Waals surface area contributed by atoms with Crippen LogP contribution in [0, 0.1) is 0 Å². The molecule has 0 unspecified atom stereocenters. The molecule has 0 spiro atoms. The van der Waals surface area contributed by atoms with Crippen molar-refractivity contribution < 1.29 is 14.4 Å². The van der Waals surface area contributed by atoms with Crippen LogP contribution < -0.4 is 4.90 Å². The van der Waals surface area contributed by atoms with Crippen molar-refractivity contribution in [2.24, 2.45) is 0 Å². The van der Waals surface area contributed by atoms with Gasteiger partial charge in [-0.3, -0.25) is 0 Å².